The molecule has 1 aromatic carbocycles. The largest absolute Gasteiger partial charge is 0.494 e. The van der Waals surface area contributed by atoms with Gasteiger partial charge < -0.3 is 21.9 Å². The second-order valence-corrected chi connectivity index (χ2v) is 6.26. The summed E-state index contributed by atoms with van der Waals surface area (Å²) in [5, 5.41) is 0.736. The van der Waals surface area contributed by atoms with Gasteiger partial charge in [-0.05, 0) is 12.1 Å². The first-order valence-corrected chi connectivity index (χ1v) is 8.57. The van der Waals surface area contributed by atoms with Gasteiger partial charge in [0.15, 0.2) is 5.82 Å². The van der Waals surface area contributed by atoms with Gasteiger partial charge in [0, 0.05) is 56.0 Å². The highest BCUT2D eigenvalue weighted by Crippen LogP contribution is 2.30. The number of benzene rings is 1. The highest BCUT2D eigenvalue weighted by molar-refractivity contribution is 5.95. The van der Waals surface area contributed by atoms with Crippen molar-refractivity contribution in [2.24, 2.45) is 21.5 Å². The minimum atomic E-state index is 0.124. The van der Waals surface area contributed by atoms with Gasteiger partial charge in [-0.15, -0.1) is 0 Å². The molecule has 2 heterocycles. The highest BCUT2D eigenvalue weighted by Gasteiger charge is 2.18. The number of hydrogen-bond donors (Lipinski definition) is 3. The van der Waals surface area contributed by atoms with Crippen LogP contribution in [-0.2, 0) is 0 Å². The number of para-hydroxylation sites is 1. The van der Waals surface area contributed by atoms with Gasteiger partial charge >= 0.3 is 0 Å². The second kappa shape index (κ2) is 8.00. The lowest BCUT2D eigenvalue weighted by Crippen LogP contribution is -2.27. The average Bonchev–Trinajstić information content (AvgIpc) is 2.99. The van der Waals surface area contributed by atoms with E-state index in [1.807, 2.05) is 18.2 Å². The third-order valence-corrected chi connectivity index (χ3v) is 4.33. The van der Waals surface area contributed by atoms with Gasteiger partial charge in [-0.2, -0.15) is 4.98 Å². The van der Waals surface area contributed by atoms with E-state index >= 15 is 0 Å². The molecule has 0 bridgehead atoms. The summed E-state index contributed by atoms with van der Waals surface area (Å²) in [6.07, 6.45) is 2.38. The first kappa shape index (κ1) is 18.6. The zero-order valence-corrected chi connectivity index (χ0v) is 15.5. The molecule has 27 heavy (non-hydrogen) atoms. The van der Waals surface area contributed by atoms with Crippen LogP contribution in [0.3, 0.4) is 0 Å². The van der Waals surface area contributed by atoms with E-state index in [9.17, 15) is 0 Å². The Balaban J connectivity index is 1.75. The Kier molecular flexibility index (Phi) is 5.51. The van der Waals surface area contributed by atoms with E-state index in [-0.39, 0.29) is 5.95 Å². The van der Waals surface area contributed by atoms with E-state index in [4.69, 9.17) is 21.9 Å². The molecule has 1 aliphatic heterocycles. The Morgan fingerprint density at radius 1 is 1.30 bits per heavy atom. The summed E-state index contributed by atoms with van der Waals surface area (Å²) in [6, 6.07) is 5.53. The predicted octanol–water partition coefficient (Wildman–Crippen LogP) is 0.828. The molecular formula is C18H24N8O. The molecule has 9 nitrogen and oxygen atoms in total. The van der Waals surface area contributed by atoms with Crippen LogP contribution in [0.2, 0.25) is 0 Å². The molecule has 0 saturated heterocycles. The van der Waals surface area contributed by atoms with E-state index < -0.39 is 0 Å². The van der Waals surface area contributed by atoms with Crippen LogP contribution in [0.25, 0.3) is 10.9 Å². The SMILES string of the molecule is CN=CC1=C(N)CN(CCC(N)=Nc2nc(N)nc3c(OC)cccc23)C1. The molecule has 0 aliphatic carbocycles. The molecule has 3 rings (SSSR count). The van der Waals surface area contributed by atoms with Crippen molar-refractivity contribution in [1.82, 2.24) is 14.9 Å². The molecule has 0 amide bonds. The Morgan fingerprint density at radius 3 is 2.85 bits per heavy atom. The summed E-state index contributed by atoms with van der Waals surface area (Å²) in [4.78, 5) is 19.2. The Hall–Kier alpha value is -3.20. The molecule has 0 saturated carbocycles. The lowest BCUT2D eigenvalue weighted by molar-refractivity contribution is 0.356. The predicted molar refractivity (Wildman–Crippen MR) is 108 cm³/mol. The number of aromatic nitrogens is 2. The molecule has 2 aromatic rings. The zero-order valence-electron chi connectivity index (χ0n) is 15.5. The molecular weight excluding hydrogens is 344 g/mol. The van der Waals surface area contributed by atoms with Crippen LogP contribution in [0.5, 0.6) is 5.75 Å². The summed E-state index contributed by atoms with van der Waals surface area (Å²) >= 11 is 0. The van der Waals surface area contributed by atoms with Crippen LogP contribution in [-0.4, -0.2) is 60.7 Å². The Labute approximate surface area is 157 Å². The van der Waals surface area contributed by atoms with E-state index in [0.717, 1.165) is 29.7 Å². The van der Waals surface area contributed by atoms with Crippen LogP contribution < -0.4 is 21.9 Å². The summed E-state index contributed by atoms with van der Waals surface area (Å²) in [5.74, 6) is 1.64. The average molecular weight is 368 g/mol. The van der Waals surface area contributed by atoms with Crippen molar-refractivity contribution >= 4 is 34.7 Å². The molecule has 9 heteroatoms. The normalized spacial score (nSPS) is 16.0. The van der Waals surface area contributed by atoms with Gasteiger partial charge in [0.05, 0.1) is 7.11 Å². The van der Waals surface area contributed by atoms with Gasteiger partial charge in [0.1, 0.15) is 17.1 Å². The molecule has 0 unspecified atom stereocenters. The van der Waals surface area contributed by atoms with Gasteiger partial charge in [0.25, 0.3) is 0 Å². The summed E-state index contributed by atoms with van der Waals surface area (Å²) in [7, 11) is 3.32. The minimum absolute atomic E-state index is 0.124. The number of nitrogens with two attached hydrogens (primary N) is 3. The Bertz CT molecular complexity index is 934. The quantitative estimate of drug-likeness (QED) is 0.506. The van der Waals surface area contributed by atoms with Gasteiger partial charge in [-0.3, -0.25) is 9.89 Å². The van der Waals surface area contributed by atoms with Crippen molar-refractivity contribution in [3.05, 3.63) is 29.5 Å². The number of aliphatic imine (C=N–C) groups is 2. The third kappa shape index (κ3) is 4.14. The van der Waals surface area contributed by atoms with Crippen molar-refractivity contribution in [2.75, 3.05) is 39.5 Å². The molecule has 0 radical (unpaired) electrons. The van der Waals surface area contributed by atoms with Gasteiger partial charge in [0.2, 0.25) is 5.95 Å². The topological polar surface area (TPSA) is 141 Å². The standard InChI is InChI=1S/C18H24N8O/c1-22-8-11-9-26(10-13(11)19)7-6-15(20)23-17-12-4-3-5-14(27-2)16(12)24-18(21)25-17/h3-5,8H,6-7,9-10,19H2,1-2H3,(H4,20,21,23,24,25). The minimum Gasteiger partial charge on any atom is -0.494 e. The number of hydrogen-bond acceptors (Lipinski definition) is 8. The fraction of sp³-hybridized carbons (Fsp3) is 0.333. The maximum Gasteiger partial charge on any atom is 0.222 e. The molecule has 0 fully saturated rings. The van der Waals surface area contributed by atoms with Crippen LogP contribution in [0.1, 0.15) is 6.42 Å². The summed E-state index contributed by atoms with van der Waals surface area (Å²) < 4.78 is 5.34. The smallest absolute Gasteiger partial charge is 0.222 e. The van der Waals surface area contributed by atoms with Crippen molar-refractivity contribution in [3.63, 3.8) is 0 Å². The van der Waals surface area contributed by atoms with E-state index in [1.54, 1.807) is 20.4 Å². The number of fused-ring (bicyclic) bond motifs is 1. The van der Waals surface area contributed by atoms with Crippen LogP contribution in [0.4, 0.5) is 11.8 Å². The number of nitrogens with zero attached hydrogens (tertiary/aromatic N) is 5. The molecule has 6 N–H and O–H groups in total. The second-order valence-electron chi connectivity index (χ2n) is 6.26. The molecule has 1 aromatic heterocycles. The number of anilines is 1. The summed E-state index contributed by atoms with van der Waals surface area (Å²) in [5.41, 5.74) is 20.5. The van der Waals surface area contributed by atoms with Crippen molar-refractivity contribution in [2.45, 2.75) is 6.42 Å². The fourth-order valence-electron chi connectivity index (χ4n) is 3.02. The number of nitrogen functional groups attached to an aromatic ring is 1. The van der Waals surface area contributed by atoms with Crippen molar-refractivity contribution in [3.8, 4) is 5.75 Å². The summed E-state index contributed by atoms with van der Waals surface area (Å²) in [6.45, 7) is 2.20. The van der Waals surface area contributed by atoms with E-state index in [0.29, 0.717) is 35.9 Å². The molecule has 0 atom stereocenters. The molecule has 142 valence electrons. The Morgan fingerprint density at radius 2 is 2.11 bits per heavy atom. The van der Waals surface area contributed by atoms with Crippen molar-refractivity contribution < 1.29 is 4.74 Å². The zero-order chi connectivity index (χ0) is 19.4. The number of ether oxygens (including phenoxy) is 1. The van der Waals surface area contributed by atoms with E-state index in [1.165, 1.54) is 0 Å². The maximum atomic E-state index is 6.14. The number of rotatable bonds is 6. The number of methoxy groups -OCH3 is 1. The van der Waals surface area contributed by atoms with Crippen molar-refractivity contribution in [1.29, 1.82) is 0 Å². The van der Waals surface area contributed by atoms with Gasteiger partial charge in [-0.1, -0.05) is 6.07 Å². The highest BCUT2D eigenvalue weighted by atomic mass is 16.5. The molecule has 1 aliphatic rings. The van der Waals surface area contributed by atoms with Crippen LogP contribution in [0.15, 0.2) is 39.5 Å². The van der Waals surface area contributed by atoms with Crippen LogP contribution in [0, 0.1) is 0 Å². The number of amidine groups is 1. The third-order valence-electron chi connectivity index (χ3n) is 4.33. The van der Waals surface area contributed by atoms with E-state index in [2.05, 4.69) is 24.9 Å². The lowest BCUT2D eigenvalue weighted by Gasteiger charge is -2.15. The lowest BCUT2D eigenvalue weighted by atomic mass is 10.2. The van der Waals surface area contributed by atoms with Crippen LogP contribution >= 0.6 is 0 Å². The fourth-order valence-corrected chi connectivity index (χ4v) is 3.02. The molecule has 0 spiro atoms. The maximum absolute atomic E-state index is 6.14. The monoisotopic (exact) mass is 368 g/mol. The first-order valence-electron chi connectivity index (χ1n) is 8.57. The van der Waals surface area contributed by atoms with Gasteiger partial charge in [-0.25, -0.2) is 9.98 Å². The first-order chi connectivity index (χ1) is 13.0.